The molecule has 0 fully saturated rings. The number of rotatable bonds is 8. The van der Waals surface area contributed by atoms with E-state index in [-0.39, 0.29) is 10.8 Å². The zero-order valence-electron chi connectivity index (χ0n) is 18.6. The van der Waals surface area contributed by atoms with Crippen molar-refractivity contribution in [3.05, 3.63) is 47.0 Å². The minimum atomic E-state index is -3.41. The van der Waals surface area contributed by atoms with Gasteiger partial charge < -0.3 is 9.64 Å². The number of nitrogens with zero attached hydrogens (tertiary/aromatic N) is 3. The smallest absolute Gasteiger partial charge is 0.260 e. The third kappa shape index (κ3) is 4.91. The molecule has 0 atom stereocenters. The first-order valence-corrected chi connectivity index (χ1v) is 12.7. The molecule has 0 bridgehead atoms. The Kier molecular flexibility index (Phi) is 7.44. The maximum absolute atomic E-state index is 13.4. The van der Waals surface area contributed by atoms with Gasteiger partial charge in [-0.05, 0) is 64.3 Å². The lowest BCUT2D eigenvalue weighted by Gasteiger charge is -2.22. The highest BCUT2D eigenvalue weighted by molar-refractivity contribution is 7.92. The number of fused-ring (bicyclic) bond motifs is 1. The van der Waals surface area contributed by atoms with E-state index in [4.69, 9.17) is 16.3 Å². The molecule has 7 nitrogen and oxygen atoms in total. The molecular formula is C22H26ClN3O4S2. The second-order valence-electron chi connectivity index (χ2n) is 7.80. The van der Waals surface area contributed by atoms with E-state index in [1.807, 2.05) is 19.0 Å². The zero-order valence-corrected chi connectivity index (χ0v) is 21.0. The number of ether oxygens (including phenoxy) is 1. The van der Waals surface area contributed by atoms with Gasteiger partial charge in [0, 0.05) is 18.7 Å². The highest BCUT2D eigenvalue weighted by Crippen LogP contribution is 2.39. The van der Waals surface area contributed by atoms with E-state index in [0.717, 1.165) is 4.70 Å². The quantitative estimate of drug-likeness (QED) is 0.462. The van der Waals surface area contributed by atoms with E-state index in [1.54, 1.807) is 50.1 Å². The number of hydrogen-bond donors (Lipinski definition) is 0. The maximum atomic E-state index is 13.4. The van der Waals surface area contributed by atoms with E-state index in [0.29, 0.717) is 40.1 Å². The molecule has 1 amide bonds. The summed E-state index contributed by atoms with van der Waals surface area (Å²) in [5.41, 5.74) is 0.977. The summed E-state index contributed by atoms with van der Waals surface area (Å²) in [7, 11) is 1.99. The third-order valence-electron chi connectivity index (χ3n) is 4.96. The Hall–Kier alpha value is -2.20. The number of aromatic nitrogens is 1. The van der Waals surface area contributed by atoms with Crippen LogP contribution >= 0.6 is 22.9 Å². The summed E-state index contributed by atoms with van der Waals surface area (Å²) in [4.78, 5) is 21.8. The van der Waals surface area contributed by atoms with Crippen molar-refractivity contribution in [3.8, 4) is 5.75 Å². The summed E-state index contributed by atoms with van der Waals surface area (Å²) in [6, 6.07) is 9.52. The molecule has 10 heteroatoms. The summed E-state index contributed by atoms with van der Waals surface area (Å²) < 4.78 is 30.9. The molecule has 3 rings (SSSR count). The van der Waals surface area contributed by atoms with Crippen molar-refractivity contribution >= 4 is 54.0 Å². The fraction of sp³-hybridized carbons (Fsp3) is 0.364. The van der Waals surface area contributed by atoms with Gasteiger partial charge in [0.15, 0.2) is 15.0 Å². The number of amides is 1. The van der Waals surface area contributed by atoms with E-state index < -0.39 is 15.1 Å². The Balaban J connectivity index is 2.02. The number of methoxy groups -OCH3 is 1. The normalized spacial score (nSPS) is 12.0. The van der Waals surface area contributed by atoms with E-state index in [9.17, 15) is 13.2 Å². The van der Waals surface area contributed by atoms with Gasteiger partial charge in [0.25, 0.3) is 5.91 Å². The SMILES string of the molecule is COc1ccc(Cl)c2sc(N(CCN(C)C)C(=O)c3ccc(S(=O)(=O)C(C)C)cc3)nc12. The number of thiazole rings is 1. The summed E-state index contributed by atoms with van der Waals surface area (Å²) >= 11 is 7.68. The Morgan fingerprint density at radius 2 is 1.78 bits per heavy atom. The van der Waals surface area contributed by atoms with Crippen LogP contribution in [0.3, 0.4) is 0 Å². The predicted octanol–water partition coefficient (Wildman–Crippen LogP) is 4.35. The number of carbonyl (C=O) groups is 1. The first-order chi connectivity index (χ1) is 15.1. The van der Waals surface area contributed by atoms with Gasteiger partial charge in [-0.3, -0.25) is 9.69 Å². The summed E-state index contributed by atoms with van der Waals surface area (Å²) in [5.74, 6) is 0.310. The lowest BCUT2D eigenvalue weighted by Crippen LogP contribution is -2.36. The second kappa shape index (κ2) is 9.74. The van der Waals surface area contributed by atoms with Crippen molar-refractivity contribution in [2.24, 2.45) is 0 Å². The minimum absolute atomic E-state index is 0.195. The Morgan fingerprint density at radius 1 is 1.12 bits per heavy atom. The molecule has 0 saturated heterocycles. The van der Waals surface area contributed by atoms with Crippen molar-refractivity contribution in [2.45, 2.75) is 24.0 Å². The first kappa shape index (κ1) is 24.4. The van der Waals surface area contributed by atoms with E-state index >= 15 is 0 Å². The standard InChI is InChI=1S/C22H26ClN3O4S2/c1-14(2)32(28,29)16-8-6-15(7-9-16)21(27)26(13-12-25(3)4)22-24-19-18(30-5)11-10-17(23)20(19)31-22/h6-11,14H,12-13H2,1-5H3. The number of carbonyl (C=O) groups excluding carboxylic acids is 1. The van der Waals surface area contributed by atoms with Crippen LogP contribution in [0.2, 0.25) is 5.02 Å². The second-order valence-corrected chi connectivity index (χ2v) is 11.7. The summed E-state index contributed by atoms with van der Waals surface area (Å²) in [5, 5.41) is 0.494. The highest BCUT2D eigenvalue weighted by Gasteiger charge is 2.25. The molecule has 0 N–H and O–H groups in total. The molecule has 1 heterocycles. The van der Waals surface area contributed by atoms with Crippen LogP contribution in [0.1, 0.15) is 24.2 Å². The monoisotopic (exact) mass is 495 g/mol. The topological polar surface area (TPSA) is 79.8 Å². The van der Waals surface area contributed by atoms with Crippen LogP contribution in [0.5, 0.6) is 5.75 Å². The fourth-order valence-corrected chi connectivity index (χ4v) is 5.36. The van der Waals surface area contributed by atoms with Crippen molar-refractivity contribution in [1.82, 2.24) is 9.88 Å². The fourth-order valence-electron chi connectivity index (χ4n) is 3.02. The molecule has 0 unspecified atom stereocenters. The molecule has 2 aromatic carbocycles. The maximum Gasteiger partial charge on any atom is 0.260 e. The summed E-state index contributed by atoms with van der Waals surface area (Å²) in [6.07, 6.45) is 0. The average molecular weight is 496 g/mol. The molecule has 172 valence electrons. The van der Waals surface area contributed by atoms with Crippen molar-refractivity contribution < 1.29 is 17.9 Å². The Labute approximate surface area is 197 Å². The molecule has 0 aliphatic carbocycles. The van der Waals surface area contributed by atoms with Crippen LogP contribution < -0.4 is 9.64 Å². The average Bonchev–Trinajstić information content (AvgIpc) is 3.20. The van der Waals surface area contributed by atoms with Crippen molar-refractivity contribution in [2.75, 3.05) is 39.2 Å². The van der Waals surface area contributed by atoms with Gasteiger partial charge >= 0.3 is 0 Å². The third-order valence-corrected chi connectivity index (χ3v) is 8.67. The van der Waals surface area contributed by atoms with Crippen molar-refractivity contribution in [1.29, 1.82) is 0 Å². The van der Waals surface area contributed by atoms with Crippen LogP contribution in [0, 0.1) is 0 Å². The molecule has 3 aromatic rings. The Bertz CT molecular complexity index is 1220. The zero-order chi connectivity index (χ0) is 23.6. The van der Waals surface area contributed by atoms with Crippen LogP contribution in [0.25, 0.3) is 10.2 Å². The number of halogens is 1. The molecule has 0 spiro atoms. The lowest BCUT2D eigenvalue weighted by molar-refractivity contribution is 0.0985. The van der Waals surface area contributed by atoms with Gasteiger partial charge in [0.05, 0.1) is 27.0 Å². The highest BCUT2D eigenvalue weighted by atomic mass is 35.5. The largest absolute Gasteiger partial charge is 0.494 e. The van der Waals surface area contributed by atoms with Crippen LogP contribution in [-0.4, -0.2) is 63.8 Å². The van der Waals surface area contributed by atoms with Crippen LogP contribution in [-0.2, 0) is 9.84 Å². The molecule has 0 saturated carbocycles. The van der Waals surface area contributed by atoms with Gasteiger partial charge in [0.1, 0.15) is 11.3 Å². The number of anilines is 1. The number of sulfone groups is 1. The van der Waals surface area contributed by atoms with E-state index in [2.05, 4.69) is 4.98 Å². The molecule has 0 radical (unpaired) electrons. The van der Waals surface area contributed by atoms with Crippen LogP contribution in [0.15, 0.2) is 41.3 Å². The molecule has 0 aliphatic heterocycles. The van der Waals surface area contributed by atoms with Gasteiger partial charge in [0.2, 0.25) is 0 Å². The van der Waals surface area contributed by atoms with Gasteiger partial charge in [-0.1, -0.05) is 22.9 Å². The Morgan fingerprint density at radius 3 is 2.34 bits per heavy atom. The van der Waals surface area contributed by atoms with Crippen molar-refractivity contribution in [3.63, 3.8) is 0 Å². The minimum Gasteiger partial charge on any atom is -0.494 e. The van der Waals surface area contributed by atoms with Gasteiger partial charge in [-0.15, -0.1) is 0 Å². The summed E-state index contributed by atoms with van der Waals surface area (Å²) in [6.45, 7) is 4.28. The molecule has 32 heavy (non-hydrogen) atoms. The number of benzene rings is 2. The number of hydrogen-bond acceptors (Lipinski definition) is 7. The van der Waals surface area contributed by atoms with Crippen LogP contribution in [0.4, 0.5) is 5.13 Å². The molecular weight excluding hydrogens is 470 g/mol. The van der Waals surface area contributed by atoms with E-state index in [1.165, 1.54) is 23.5 Å². The first-order valence-electron chi connectivity index (χ1n) is 9.99. The van der Waals surface area contributed by atoms with Gasteiger partial charge in [-0.2, -0.15) is 0 Å². The number of likely N-dealkylation sites (N-methyl/N-ethyl adjacent to an activating group) is 1. The van der Waals surface area contributed by atoms with Gasteiger partial charge in [-0.25, -0.2) is 13.4 Å². The lowest BCUT2D eigenvalue weighted by atomic mass is 10.2. The molecule has 0 aliphatic rings. The predicted molar refractivity (Wildman–Crippen MR) is 130 cm³/mol. The molecule has 1 aromatic heterocycles.